The summed E-state index contributed by atoms with van der Waals surface area (Å²) in [7, 11) is 0. The number of hydrogen-bond donors (Lipinski definition) is 1. The molecular formula is C17H26N2O2. The number of hydrogen-bond acceptors (Lipinski definition) is 3. The van der Waals surface area contributed by atoms with E-state index in [9.17, 15) is 4.79 Å². The fraction of sp³-hybridized carbons (Fsp3) is 0.588. The Morgan fingerprint density at radius 3 is 2.62 bits per heavy atom. The predicted molar refractivity (Wildman–Crippen MR) is 83.8 cm³/mol. The molecule has 3 unspecified atom stereocenters. The average molecular weight is 290 g/mol. The van der Waals surface area contributed by atoms with Crippen LogP contribution in [0.2, 0.25) is 0 Å². The molecule has 0 radical (unpaired) electrons. The van der Waals surface area contributed by atoms with Crippen molar-refractivity contribution in [2.45, 2.75) is 39.4 Å². The van der Waals surface area contributed by atoms with E-state index in [2.05, 4.69) is 31.3 Å². The summed E-state index contributed by atoms with van der Waals surface area (Å²) in [6.45, 7) is 8.12. The largest absolute Gasteiger partial charge is 0.380 e. The van der Waals surface area contributed by atoms with E-state index >= 15 is 0 Å². The van der Waals surface area contributed by atoms with E-state index in [0.29, 0.717) is 25.7 Å². The van der Waals surface area contributed by atoms with Crippen molar-refractivity contribution in [1.82, 2.24) is 10.2 Å². The zero-order valence-corrected chi connectivity index (χ0v) is 13.2. The molecule has 0 aliphatic carbocycles. The molecular weight excluding hydrogens is 264 g/mol. The van der Waals surface area contributed by atoms with Gasteiger partial charge in [-0.3, -0.25) is 10.1 Å². The lowest BCUT2D eigenvalue weighted by Crippen LogP contribution is -2.36. The van der Waals surface area contributed by atoms with Crippen LogP contribution in [0.5, 0.6) is 0 Å². The van der Waals surface area contributed by atoms with Crippen LogP contribution in [0.3, 0.4) is 0 Å². The van der Waals surface area contributed by atoms with Crippen molar-refractivity contribution in [3.8, 4) is 0 Å². The molecule has 0 aromatic heterocycles. The Labute approximate surface area is 127 Å². The Hall–Kier alpha value is -1.39. The number of nitrogens with one attached hydrogen (secondary N) is 1. The number of rotatable bonds is 7. The van der Waals surface area contributed by atoms with Crippen LogP contribution in [0.4, 0.5) is 0 Å². The minimum atomic E-state index is -0.0955. The van der Waals surface area contributed by atoms with E-state index in [4.69, 9.17) is 4.74 Å². The van der Waals surface area contributed by atoms with Gasteiger partial charge in [-0.1, -0.05) is 50.6 Å². The van der Waals surface area contributed by atoms with Crippen molar-refractivity contribution >= 4 is 5.91 Å². The van der Waals surface area contributed by atoms with Crippen LogP contribution >= 0.6 is 0 Å². The zero-order chi connectivity index (χ0) is 15.2. The van der Waals surface area contributed by atoms with E-state index in [1.54, 1.807) is 0 Å². The molecule has 1 aliphatic rings. The van der Waals surface area contributed by atoms with Crippen molar-refractivity contribution in [1.29, 1.82) is 0 Å². The first-order chi connectivity index (χ1) is 10.2. The summed E-state index contributed by atoms with van der Waals surface area (Å²) in [6, 6.07) is 10.1. The smallest absolute Gasteiger partial charge is 0.241 e. The Morgan fingerprint density at radius 2 is 2.00 bits per heavy atom. The Morgan fingerprint density at radius 1 is 1.29 bits per heavy atom. The lowest BCUT2D eigenvalue weighted by Gasteiger charge is -2.24. The third-order valence-corrected chi connectivity index (χ3v) is 4.21. The fourth-order valence-corrected chi connectivity index (χ4v) is 2.74. The number of carbonyl (C=O) groups excluding carboxylic acids is 1. The highest BCUT2D eigenvalue weighted by molar-refractivity contribution is 5.84. The molecule has 4 nitrogen and oxygen atoms in total. The first-order valence-electron chi connectivity index (χ1n) is 7.88. The Kier molecular flexibility index (Phi) is 5.76. The van der Waals surface area contributed by atoms with Crippen LogP contribution in [0.15, 0.2) is 30.3 Å². The van der Waals surface area contributed by atoms with Gasteiger partial charge in [0.05, 0.1) is 12.6 Å². The molecule has 2 rings (SSSR count). The summed E-state index contributed by atoms with van der Waals surface area (Å²) < 4.78 is 5.43. The molecule has 116 valence electrons. The number of nitrogens with zero attached hydrogens (tertiary/aromatic N) is 1. The molecule has 0 spiro atoms. The van der Waals surface area contributed by atoms with Gasteiger partial charge in [0.15, 0.2) is 0 Å². The maximum atomic E-state index is 12.7. The van der Waals surface area contributed by atoms with Gasteiger partial charge in [0.1, 0.15) is 6.17 Å². The van der Waals surface area contributed by atoms with Gasteiger partial charge in [-0.05, 0) is 18.4 Å². The second-order valence-electron chi connectivity index (χ2n) is 5.57. The minimum absolute atomic E-state index is 0.0434. The van der Waals surface area contributed by atoms with Crippen LogP contribution in [0.25, 0.3) is 0 Å². The van der Waals surface area contributed by atoms with Crippen LogP contribution < -0.4 is 5.32 Å². The third-order valence-electron chi connectivity index (χ3n) is 4.21. The summed E-state index contributed by atoms with van der Waals surface area (Å²) in [5.74, 6) is 0.527. The van der Waals surface area contributed by atoms with Crippen LogP contribution in [-0.4, -0.2) is 36.6 Å². The van der Waals surface area contributed by atoms with Gasteiger partial charge in [-0.2, -0.15) is 0 Å². The number of amides is 1. The van der Waals surface area contributed by atoms with Crippen molar-refractivity contribution in [2.75, 3.05) is 19.8 Å². The van der Waals surface area contributed by atoms with E-state index in [-0.39, 0.29) is 18.1 Å². The van der Waals surface area contributed by atoms with Crippen molar-refractivity contribution in [3.05, 3.63) is 35.9 Å². The normalized spacial score (nSPS) is 23.6. The second kappa shape index (κ2) is 7.57. The lowest BCUT2D eigenvalue weighted by molar-refractivity contribution is -0.131. The molecule has 1 saturated heterocycles. The van der Waals surface area contributed by atoms with Crippen molar-refractivity contribution in [3.63, 3.8) is 0 Å². The molecule has 0 bridgehead atoms. The zero-order valence-electron chi connectivity index (χ0n) is 13.2. The quantitative estimate of drug-likeness (QED) is 0.785. The average Bonchev–Trinajstić information content (AvgIpc) is 2.85. The van der Waals surface area contributed by atoms with Gasteiger partial charge in [-0.15, -0.1) is 0 Å². The van der Waals surface area contributed by atoms with E-state index in [0.717, 1.165) is 12.0 Å². The highest BCUT2D eigenvalue weighted by Gasteiger charge is 2.41. The Balaban J connectivity index is 2.17. The van der Waals surface area contributed by atoms with Crippen LogP contribution in [-0.2, 0) is 9.53 Å². The summed E-state index contributed by atoms with van der Waals surface area (Å²) in [5.41, 5.74) is 1.13. The van der Waals surface area contributed by atoms with Crippen molar-refractivity contribution < 1.29 is 9.53 Å². The Bertz CT molecular complexity index is 449. The lowest BCUT2D eigenvalue weighted by atomic mass is 9.99. The number of ether oxygens (including phenoxy) is 1. The molecule has 1 N–H and O–H groups in total. The first-order valence-corrected chi connectivity index (χ1v) is 7.88. The molecule has 1 aromatic carbocycles. The summed E-state index contributed by atoms with van der Waals surface area (Å²) in [4.78, 5) is 14.6. The number of benzene rings is 1. The highest BCUT2D eigenvalue weighted by Crippen LogP contribution is 2.28. The van der Waals surface area contributed by atoms with E-state index < -0.39 is 0 Å². The number of carbonyl (C=O) groups is 1. The topological polar surface area (TPSA) is 41.6 Å². The minimum Gasteiger partial charge on any atom is -0.380 e. The van der Waals surface area contributed by atoms with Gasteiger partial charge < -0.3 is 9.64 Å². The first kappa shape index (κ1) is 16.0. The second-order valence-corrected chi connectivity index (χ2v) is 5.57. The predicted octanol–water partition coefficient (Wildman–Crippen LogP) is 2.57. The molecule has 1 aromatic rings. The van der Waals surface area contributed by atoms with Crippen LogP contribution in [0.1, 0.15) is 38.9 Å². The standard InChI is InChI=1S/C17H26N2O2/c1-4-13(3)15-17(20)19(11-12-21-5-2)16(18-15)14-9-7-6-8-10-14/h6-10,13,15-16,18H,4-5,11-12H2,1-3H3. The summed E-state index contributed by atoms with van der Waals surface area (Å²) in [5, 5.41) is 3.51. The molecule has 1 aliphatic heterocycles. The third kappa shape index (κ3) is 3.63. The SMILES string of the molecule is CCOCCN1C(=O)C(C(C)CC)NC1c1ccccc1. The molecule has 3 atom stereocenters. The molecule has 1 fully saturated rings. The van der Waals surface area contributed by atoms with Crippen molar-refractivity contribution in [2.24, 2.45) is 5.92 Å². The van der Waals surface area contributed by atoms with Gasteiger partial charge in [0.2, 0.25) is 5.91 Å². The maximum Gasteiger partial charge on any atom is 0.241 e. The molecule has 1 heterocycles. The van der Waals surface area contributed by atoms with Gasteiger partial charge >= 0.3 is 0 Å². The summed E-state index contributed by atoms with van der Waals surface area (Å²) >= 11 is 0. The van der Waals surface area contributed by atoms with Gasteiger partial charge in [-0.25, -0.2) is 0 Å². The fourth-order valence-electron chi connectivity index (χ4n) is 2.74. The molecule has 4 heteroatoms. The van der Waals surface area contributed by atoms with E-state index in [1.165, 1.54) is 0 Å². The maximum absolute atomic E-state index is 12.7. The van der Waals surface area contributed by atoms with Crippen LogP contribution in [0, 0.1) is 5.92 Å². The molecule has 0 saturated carbocycles. The van der Waals surface area contributed by atoms with Gasteiger partial charge in [0.25, 0.3) is 0 Å². The summed E-state index contributed by atoms with van der Waals surface area (Å²) in [6.07, 6.45) is 0.947. The van der Waals surface area contributed by atoms with E-state index in [1.807, 2.05) is 30.0 Å². The highest BCUT2D eigenvalue weighted by atomic mass is 16.5. The monoisotopic (exact) mass is 290 g/mol. The molecule has 1 amide bonds. The van der Waals surface area contributed by atoms with Gasteiger partial charge in [0, 0.05) is 13.2 Å². The molecule has 21 heavy (non-hydrogen) atoms.